The molecule has 9 nitrogen and oxygen atoms in total. The number of rotatable bonds is 4. The minimum Gasteiger partial charge on any atom is -0.344 e. The standard InChI is InChI=1S/C30H23N7O2/c1-20(34-29(38)25-18-33-36-15-7-14-31-28(25)36)26-16-23-9-6-8-22(13-12-21-17-32-35(2)19-21)27(23)30(39)37(26)24-10-4-3-5-11-24/h3-11,14-20H,1-2H3,(H,34,38). The van der Waals surface area contributed by atoms with E-state index in [2.05, 4.69) is 32.3 Å². The molecule has 4 heterocycles. The fourth-order valence-electron chi connectivity index (χ4n) is 4.61. The van der Waals surface area contributed by atoms with Crippen LogP contribution in [-0.4, -0.2) is 34.9 Å². The van der Waals surface area contributed by atoms with Crippen molar-refractivity contribution >= 4 is 22.3 Å². The van der Waals surface area contributed by atoms with Gasteiger partial charge in [-0.25, -0.2) is 9.50 Å². The zero-order valence-corrected chi connectivity index (χ0v) is 21.2. The van der Waals surface area contributed by atoms with Crippen LogP contribution in [0.1, 0.15) is 40.1 Å². The van der Waals surface area contributed by atoms with Gasteiger partial charge in [-0.2, -0.15) is 10.2 Å². The smallest absolute Gasteiger partial charge is 0.264 e. The van der Waals surface area contributed by atoms with Crippen LogP contribution in [0.2, 0.25) is 0 Å². The normalized spacial score (nSPS) is 11.7. The van der Waals surface area contributed by atoms with E-state index in [1.54, 1.807) is 38.4 Å². The number of hydrogen-bond donors (Lipinski definition) is 1. The number of carbonyl (C=O) groups excluding carboxylic acids is 1. The molecule has 0 aliphatic carbocycles. The first kappa shape index (κ1) is 23.9. The summed E-state index contributed by atoms with van der Waals surface area (Å²) in [6, 6.07) is 18.1. The van der Waals surface area contributed by atoms with Crippen LogP contribution in [0, 0.1) is 11.8 Å². The Bertz CT molecular complexity index is 1970. The number of hydrogen-bond acceptors (Lipinski definition) is 5. The molecule has 0 saturated heterocycles. The molecule has 6 aromatic rings. The van der Waals surface area contributed by atoms with E-state index in [1.807, 2.05) is 74.8 Å². The molecule has 0 saturated carbocycles. The molecule has 0 fully saturated rings. The molecule has 0 aliphatic heterocycles. The highest BCUT2D eigenvalue weighted by Crippen LogP contribution is 2.24. The maximum atomic E-state index is 14.1. The molecular formula is C30H23N7O2. The van der Waals surface area contributed by atoms with Crippen molar-refractivity contribution in [3.8, 4) is 17.5 Å². The van der Waals surface area contributed by atoms with Crippen molar-refractivity contribution in [1.29, 1.82) is 0 Å². The van der Waals surface area contributed by atoms with Gasteiger partial charge in [-0.05, 0) is 42.6 Å². The number of benzene rings is 2. The SMILES string of the molecule is CC(NC(=O)c1cnn2cccnc12)c1cc2cccc(C#Cc3cnn(C)c3)c2c(=O)n1-c1ccccc1. The minimum atomic E-state index is -0.515. The molecule has 1 N–H and O–H groups in total. The van der Waals surface area contributed by atoms with Gasteiger partial charge < -0.3 is 5.32 Å². The lowest BCUT2D eigenvalue weighted by atomic mass is 10.0. The van der Waals surface area contributed by atoms with E-state index in [1.165, 1.54) is 6.20 Å². The number of carbonyl (C=O) groups is 1. The molecule has 39 heavy (non-hydrogen) atoms. The van der Waals surface area contributed by atoms with Crippen molar-refractivity contribution in [3.63, 3.8) is 0 Å². The highest BCUT2D eigenvalue weighted by Gasteiger charge is 2.21. The Morgan fingerprint density at radius 3 is 2.64 bits per heavy atom. The summed E-state index contributed by atoms with van der Waals surface area (Å²) in [6.07, 6.45) is 8.34. The quantitative estimate of drug-likeness (QED) is 0.363. The number of aryl methyl sites for hydroxylation is 1. The van der Waals surface area contributed by atoms with Crippen molar-refractivity contribution in [1.82, 2.24) is 34.3 Å². The molecule has 4 aromatic heterocycles. The monoisotopic (exact) mass is 513 g/mol. The van der Waals surface area contributed by atoms with Gasteiger partial charge in [0.2, 0.25) is 0 Å². The first-order chi connectivity index (χ1) is 19.0. The number of fused-ring (bicyclic) bond motifs is 2. The van der Waals surface area contributed by atoms with Gasteiger partial charge in [-0.15, -0.1) is 0 Å². The lowest BCUT2D eigenvalue weighted by Gasteiger charge is -2.21. The molecule has 0 spiro atoms. The van der Waals surface area contributed by atoms with Gasteiger partial charge in [0.05, 0.1) is 29.4 Å². The Balaban J connectivity index is 1.47. The van der Waals surface area contributed by atoms with Gasteiger partial charge in [0, 0.05) is 42.6 Å². The minimum absolute atomic E-state index is 0.219. The molecule has 0 aliphatic rings. The van der Waals surface area contributed by atoms with Crippen molar-refractivity contribution in [2.24, 2.45) is 7.05 Å². The summed E-state index contributed by atoms with van der Waals surface area (Å²) in [5.41, 5.74) is 3.29. The van der Waals surface area contributed by atoms with Gasteiger partial charge in [0.25, 0.3) is 11.5 Å². The van der Waals surface area contributed by atoms with Gasteiger partial charge >= 0.3 is 0 Å². The Hall–Kier alpha value is -5.49. The third kappa shape index (κ3) is 4.45. The summed E-state index contributed by atoms with van der Waals surface area (Å²) < 4.78 is 4.86. The second kappa shape index (κ2) is 9.76. The van der Waals surface area contributed by atoms with Crippen LogP contribution in [0.4, 0.5) is 0 Å². The lowest BCUT2D eigenvalue weighted by Crippen LogP contribution is -2.32. The van der Waals surface area contributed by atoms with E-state index < -0.39 is 6.04 Å². The topological polar surface area (TPSA) is 99.1 Å². The van der Waals surface area contributed by atoms with E-state index in [0.717, 1.165) is 10.9 Å². The molecule has 1 amide bonds. The number of para-hydroxylation sites is 1. The van der Waals surface area contributed by atoms with Gasteiger partial charge in [-0.3, -0.25) is 18.8 Å². The van der Waals surface area contributed by atoms with Crippen LogP contribution in [0.15, 0.2) is 96.4 Å². The first-order valence-electron chi connectivity index (χ1n) is 12.3. The molecule has 6 rings (SSSR count). The third-order valence-corrected chi connectivity index (χ3v) is 6.45. The predicted molar refractivity (Wildman–Crippen MR) is 148 cm³/mol. The zero-order valence-electron chi connectivity index (χ0n) is 21.2. The molecule has 190 valence electrons. The van der Waals surface area contributed by atoms with E-state index in [-0.39, 0.29) is 11.5 Å². The largest absolute Gasteiger partial charge is 0.344 e. The second-order valence-corrected chi connectivity index (χ2v) is 9.11. The third-order valence-electron chi connectivity index (χ3n) is 6.45. The Morgan fingerprint density at radius 1 is 1.00 bits per heavy atom. The lowest BCUT2D eigenvalue weighted by molar-refractivity contribution is 0.0940. The van der Waals surface area contributed by atoms with Crippen LogP contribution in [0.3, 0.4) is 0 Å². The molecule has 9 heteroatoms. The van der Waals surface area contributed by atoms with Gasteiger partial charge in [0.15, 0.2) is 5.65 Å². The van der Waals surface area contributed by atoms with E-state index >= 15 is 0 Å². The highest BCUT2D eigenvalue weighted by molar-refractivity contribution is 5.99. The predicted octanol–water partition coefficient (Wildman–Crippen LogP) is 3.66. The van der Waals surface area contributed by atoms with E-state index in [9.17, 15) is 9.59 Å². The number of nitrogens with zero attached hydrogens (tertiary/aromatic N) is 6. The second-order valence-electron chi connectivity index (χ2n) is 9.11. The van der Waals surface area contributed by atoms with Crippen LogP contribution in [0.25, 0.3) is 22.1 Å². The summed E-state index contributed by atoms with van der Waals surface area (Å²) in [4.78, 5) is 31.7. The van der Waals surface area contributed by atoms with Gasteiger partial charge in [-0.1, -0.05) is 42.2 Å². The number of nitrogens with one attached hydrogen (secondary N) is 1. The number of aromatic nitrogens is 6. The maximum Gasteiger partial charge on any atom is 0.264 e. The van der Waals surface area contributed by atoms with E-state index in [4.69, 9.17) is 0 Å². The molecule has 0 radical (unpaired) electrons. The zero-order chi connectivity index (χ0) is 26.9. The summed E-state index contributed by atoms with van der Waals surface area (Å²) in [5.74, 6) is 5.92. The first-order valence-corrected chi connectivity index (χ1v) is 12.3. The van der Waals surface area contributed by atoms with Crippen LogP contribution in [0.5, 0.6) is 0 Å². The van der Waals surface area contributed by atoms with Crippen molar-refractivity contribution in [3.05, 3.63) is 124 Å². The van der Waals surface area contributed by atoms with Crippen molar-refractivity contribution in [2.45, 2.75) is 13.0 Å². The molecule has 1 atom stereocenters. The average molecular weight is 514 g/mol. The Kier molecular flexibility index (Phi) is 5.98. The maximum absolute atomic E-state index is 14.1. The van der Waals surface area contributed by atoms with Crippen molar-refractivity contribution in [2.75, 3.05) is 0 Å². The average Bonchev–Trinajstić information content (AvgIpc) is 3.58. The summed E-state index contributed by atoms with van der Waals surface area (Å²) in [5, 5.41) is 12.6. The molecule has 1 unspecified atom stereocenters. The van der Waals surface area contributed by atoms with Crippen LogP contribution < -0.4 is 10.9 Å². The Morgan fingerprint density at radius 2 is 1.85 bits per heavy atom. The molecular weight excluding hydrogens is 490 g/mol. The fourth-order valence-corrected chi connectivity index (χ4v) is 4.61. The van der Waals surface area contributed by atoms with Crippen molar-refractivity contribution < 1.29 is 4.79 Å². The fraction of sp³-hybridized carbons (Fsp3) is 0.100. The molecule has 2 aromatic carbocycles. The number of pyridine rings is 1. The highest BCUT2D eigenvalue weighted by atomic mass is 16.2. The summed E-state index contributed by atoms with van der Waals surface area (Å²) in [6.45, 7) is 1.85. The van der Waals surface area contributed by atoms with Gasteiger partial charge in [0.1, 0.15) is 5.56 Å². The number of amides is 1. The van der Waals surface area contributed by atoms with Crippen LogP contribution in [-0.2, 0) is 7.05 Å². The van der Waals surface area contributed by atoms with Crippen LogP contribution >= 0.6 is 0 Å². The summed E-state index contributed by atoms with van der Waals surface area (Å²) >= 11 is 0. The molecule has 0 bridgehead atoms. The summed E-state index contributed by atoms with van der Waals surface area (Å²) in [7, 11) is 1.83. The van der Waals surface area contributed by atoms with E-state index in [0.29, 0.717) is 33.5 Å². The Labute approximate surface area is 223 Å².